The second kappa shape index (κ2) is 15.0. The number of alkyl carbamates (subject to hydrolysis) is 1. The fraction of sp³-hybridized carbons (Fsp3) is 0.433. The second-order valence-electron chi connectivity index (χ2n) is 11.3. The van der Waals surface area contributed by atoms with Crippen LogP contribution in [-0.2, 0) is 23.9 Å². The Morgan fingerprint density at radius 2 is 1.38 bits per heavy atom. The normalized spacial score (nSPS) is 22.0. The van der Waals surface area contributed by atoms with E-state index in [1.54, 1.807) is 0 Å². The molecule has 254 valence electrons. The first kappa shape index (κ1) is 35.5. The molecule has 2 aromatic carbocycles. The number of ether oxygens (including phenoxy) is 3. The third kappa shape index (κ3) is 9.35. The number of carbonyl (C=O) groups excluding carboxylic acids is 3. The average molecular weight is 702 g/mol. The van der Waals surface area contributed by atoms with Gasteiger partial charge in [0, 0.05) is 30.5 Å². The molecule has 3 amide bonds. The lowest BCUT2D eigenvalue weighted by atomic mass is 9.59. The molecule has 5 rings (SSSR count). The van der Waals surface area contributed by atoms with Crippen molar-refractivity contribution in [3.05, 3.63) is 58.1 Å². The Bertz CT molecular complexity index is 1540. The fourth-order valence-corrected chi connectivity index (χ4v) is 5.93. The minimum absolute atomic E-state index is 0.0120. The van der Waals surface area contributed by atoms with Crippen LogP contribution >= 0.6 is 23.2 Å². The zero-order chi connectivity index (χ0) is 34.4. The molecule has 3 aliphatic carbocycles. The highest BCUT2D eigenvalue weighted by Gasteiger charge is 2.57. The summed E-state index contributed by atoms with van der Waals surface area (Å²) in [5.41, 5.74) is -2.05. The van der Waals surface area contributed by atoms with Gasteiger partial charge in [-0.2, -0.15) is 0 Å². The first-order chi connectivity index (χ1) is 22.2. The standard InChI is InChI=1S/C30H31Cl2F2N3O10/c31-18-3-1-16(11-20(18)33)45-14-24(38)36-29-7-9-30(10-8-29,37-25(39)15-46-17-2-4-19(32)21(34)12-17)23(13-29)47-28(44)35-22(27(42)43)5-6-26(40)41/h1-4,11-12,22-23H,5-10,13-15H2,(H,35,44)(H,36,38)(H,37,39)(H,40,41)(H,42,43)/t22?,23-,29?,30?/m0/s1. The molecule has 0 heterocycles. The van der Waals surface area contributed by atoms with Crippen LogP contribution in [-0.4, -0.2) is 76.5 Å². The Labute approximate surface area is 276 Å². The first-order valence-corrected chi connectivity index (χ1v) is 15.1. The molecule has 2 atom stereocenters. The molecule has 0 radical (unpaired) electrons. The summed E-state index contributed by atoms with van der Waals surface area (Å²) < 4.78 is 44.0. The van der Waals surface area contributed by atoms with Crippen LogP contribution in [0.2, 0.25) is 10.0 Å². The number of fused-ring (bicyclic) bond motifs is 3. The van der Waals surface area contributed by atoms with E-state index in [1.807, 2.05) is 0 Å². The zero-order valence-electron chi connectivity index (χ0n) is 24.7. The number of carboxylic acids is 2. The van der Waals surface area contributed by atoms with Crippen LogP contribution in [0.4, 0.5) is 13.6 Å². The molecule has 2 aromatic rings. The number of benzene rings is 2. The molecule has 0 aliphatic heterocycles. The van der Waals surface area contributed by atoms with Gasteiger partial charge in [0.25, 0.3) is 11.8 Å². The third-order valence-electron chi connectivity index (χ3n) is 8.09. The molecule has 17 heteroatoms. The molecule has 2 bridgehead atoms. The molecule has 3 fully saturated rings. The van der Waals surface area contributed by atoms with Gasteiger partial charge in [-0.05, 0) is 56.4 Å². The SMILES string of the molecule is O=C(O)CCC(NC(=O)O[C@H]1CC2(NC(=O)COc3ccc(Cl)c(F)c3)CCC1(NC(=O)COc1ccc(Cl)c(F)c1)CC2)C(=O)O. The Morgan fingerprint density at radius 1 is 0.851 bits per heavy atom. The molecule has 3 aliphatic rings. The van der Waals surface area contributed by atoms with Crippen molar-refractivity contribution in [3.8, 4) is 11.5 Å². The van der Waals surface area contributed by atoms with Crippen molar-refractivity contribution >= 4 is 53.0 Å². The van der Waals surface area contributed by atoms with E-state index in [0.717, 1.165) is 12.1 Å². The van der Waals surface area contributed by atoms with Gasteiger partial charge in [-0.1, -0.05) is 23.2 Å². The Kier molecular flexibility index (Phi) is 11.3. The minimum Gasteiger partial charge on any atom is -0.484 e. The van der Waals surface area contributed by atoms with Crippen LogP contribution in [0.15, 0.2) is 36.4 Å². The third-order valence-corrected chi connectivity index (χ3v) is 8.71. The number of hydrogen-bond acceptors (Lipinski definition) is 8. The number of carbonyl (C=O) groups is 5. The monoisotopic (exact) mass is 701 g/mol. The number of rotatable bonds is 14. The van der Waals surface area contributed by atoms with Gasteiger partial charge in [0.15, 0.2) is 13.2 Å². The van der Waals surface area contributed by atoms with Gasteiger partial charge in [-0.25, -0.2) is 18.4 Å². The lowest BCUT2D eigenvalue weighted by molar-refractivity contribution is -0.141. The highest BCUT2D eigenvalue weighted by atomic mass is 35.5. The second-order valence-corrected chi connectivity index (χ2v) is 12.1. The molecule has 3 saturated carbocycles. The van der Waals surface area contributed by atoms with Crippen LogP contribution in [0, 0.1) is 11.6 Å². The van der Waals surface area contributed by atoms with Crippen LogP contribution in [0.25, 0.3) is 0 Å². The largest absolute Gasteiger partial charge is 0.484 e. The lowest BCUT2D eigenvalue weighted by Gasteiger charge is -2.57. The maximum atomic E-state index is 13.8. The van der Waals surface area contributed by atoms with Crippen molar-refractivity contribution < 1.29 is 57.2 Å². The Hall–Kier alpha value is -4.37. The highest BCUT2D eigenvalue weighted by molar-refractivity contribution is 6.31. The number of amides is 3. The predicted molar refractivity (Wildman–Crippen MR) is 160 cm³/mol. The van der Waals surface area contributed by atoms with Crippen LogP contribution < -0.4 is 25.4 Å². The van der Waals surface area contributed by atoms with Crippen molar-refractivity contribution in [3.63, 3.8) is 0 Å². The fourth-order valence-electron chi connectivity index (χ4n) is 5.69. The number of nitrogens with one attached hydrogen (secondary N) is 3. The molecule has 0 spiro atoms. The number of aliphatic carboxylic acids is 2. The number of halogens is 4. The van der Waals surface area contributed by atoms with Crippen molar-refractivity contribution in [2.45, 2.75) is 68.2 Å². The summed E-state index contributed by atoms with van der Waals surface area (Å²) in [7, 11) is 0. The smallest absolute Gasteiger partial charge is 0.408 e. The summed E-state index contributed by atoms with van der Waals surface area (Å²) in [5.74, 6) is -5.25. The van der Waals surface area contributed by atoms with Gasteiger partial charge >= 0.3 is 18.0 Å². The summed E-state index contributed by atoms with van der Waals surface area (Å²) >= 11 is 11.4. The van der Waals surface area contributed by atoms with Gasteiger partial charge in [0.2, 0.25) is 0 Å². The molecular weight excluding hydrogens is 671 g/mol. The van der Waals surface area contributed by atoms with Crippen molar-refractivity contribution in [2.24, 2.45) is 0 Å². The summed E-state index contributed by atoms with van der Waals surface area (Å²) in [5, 5.41) is 26.0. The Balaban J connectivity index is 1.45. The van der Waals surface area contributed by atoms with Crippen LogP contribution in [0.3, 0.4) is 0 Å². The van der Waals surface area contributed by atoms with E-state index in [0.29, 0.717) is 12.8 Å². The summed E-state index contributed by atoms with van der Waals surface area (Å²) in [6.45, 7) is -0.994. The van der Waals surface area contributed by atoms with E-state index in [1.165, 1.54) is 24.3 Å². The molecule has 13 nitrogen and oxygen atoms in total. The van der Waals surface area contributed by atoms with E-state index in [2.05, 4.69) is 16.0 Å². The zero-order valence-corrected chi connectivity index (χ0v) is 26.2. The van der Waals surface area contributed by atoms with Gasteiger partial charge in [-0.3, -0.25) is 14.4 Å². The molecule has 47 heavy (non-hydrogen) atoms. The number of carboxylic acid groups (broad SMARTS) is 2. The molecule has 0 saturated heterocycles. The van der Waals surface area contributed by atoms with Crippen molar-refractivity contribution in [1.82, 2.24) is 16.0 Å². The average Bonchev–Trinajstić information content (AvgIpc) is 3.01. The van der Waals surface area contributed by atoms with E-state index in [9.17, 15) is 37.9 Å². The quantitative estimate of drug-likeness (QED) is 0.194. The van der Waals surface area contributed by atoms with E-state index >= 15 is 0 Å². The molecule has 5 N–H and O–H groups in total. The minimum atomic E-state index is -1.57. The summed E-state index contributed by atoms with van der Waals surface area (Å²) in [4.78, 5) is 61.4. The maximum absolute atomic E-state index is 13.8. The molecular formula is C30H31Cl2F2N3O10. The summed E-state index contributed by atoms with van der Waals surface area (Å²) in [6, 6.07) is 5.79. The van der Waals surface area contributed by atoms with Crippen molar-refractivity contribution in [1.29, 1.82) is 0 Å². The Morgan fingerprint density at radius 3 is 1.87 bits per heavy atom. The van der Waals surface area contributed by atoms with E-state index < -0.39 is 90.8 Å². The topological polar surface area (TPSA) is 190 Å². The van der Waals surface area contributed by atoms with Gasteiger partial charge in [0.1, 0.15) is 35.3 Å². The molecule has 1 unspecified atom stereocenters. The first-order valence-electron chi connectivity index (χ1n) is 14.4. The van der Waals surface area contributed by atoms with Crippen LogP contribution in [0.5, 0.6) is 11.5 Å². The van der Waals surface area contributed by atoms with E-state index in [4.69, 9.17) is 42.5 Å². The number of hydrogen-bond donors (Lipinski definition) is 5. The van der Waals surface area contributed by atoms with Gasteiger partial charge in [-0.15, -0.1) is 0 Å². The molecule has 0 aromatic heterocycles. The predicted octanol–water partition coefficient (Wildman–Crippen LogP) is 3.83. The van der Waals surface area contributed by atoms with Gasteiger partial charge in [0.05, 0.1) is 15.6 Å². The van der Waals surface area contributed by atoms with Crippen molar-refractivity contribution in [2.75, 3.05) is 13.2 Å². The maximum Gasteiger partial charge on any atom is 0.408 e. The van der Waals surface area contributed by atoms with Gasteiger partial charge < -0.3 is 40.4 Å². The summed E-state index contributed by atoms with van der Waals surface area (Å²) in [6.07, 6.45) is -2.05. The van der Waals surface area contributed by atoms with E-state index in [-0.39, 0.29) is 40.8 Å². The van der Waals surface area contributed by atoms with Crippen LogP contribution in [0.1, 0.15) is 44.9 Å². The highest BCUT2D eigenvalue weighted by Crippen LogP contribution is 2.48. The lowest BCUT2D eigenvalue weighted by Crippen LogP contribution is -2.71.